The zero-order valence-electron chi connectivity index (χ0n) is 13.9. The fourth-order valence-electron chi connectivity index (χ4n) is 3.77. The lowest BCUT2D eigenvalue weighted by molar-refractivity contribution is -0.126. The highest BCUT2D eigenvalue weighted by molar-refractivity contribution is 5.99. The number of carbonyl (C=O) groups is 1. The molecule has 6 nitrogen and oxygen atoms in total. The third kappa shape index (κ3) is 2.52. The van der Waals surface area contributed by atoms with Gasteiger partial charge in [0.1, 0.15) is 0 Å². The number of aryl methyl sites for hydroxylation is 1. The van der Waals surface area contributed by atoms with Crippen molar-refractivity contribution in [1.29, 1.82) is 0 Å². The quantitative estimate of drug-likeness (QED) is 0.848. The molecule has 1 spiro atoms. The van der Waals surface area contributed by atoms with E-state index >= 15 is 0 Å². The van der Waals surface area contributed by atoms with Gasteiger partial charge in [-0.25, -0.2) is 0 Å². The van der Waals surface area contributed by atoms with E-state index in [1.165, 1.54) is 0 Å². The van der Waals surface area contributed by atoms with Crippen LogP contribution in [0.3, 0.4) is 0 Å². The van der Waals surface area contributed by atoms with Crippen molar-refractivity contribution in [2.45, 2.75) is 26.2 Å². The number of rotatable bonds is 2. The number of hydrogen-bond donors (Lipinski definition) is 0. The molecule has 0 saturated carbocycles. The summed E-state index contributed by atoms with van der Waals surface area (Å²) < 4.78 is 0. The lowest BCUT2D eigenvalue weighted by Gasteiger charge is -2.38. The third-order valence-corrected chi connectivity index (χ3v) is 5.30. The molecule has 0 bridgehead atoms. The van der Waals surface area contributed by atoms with Crippen molar-refractivity contribution in [2.24, 2.45) is 5.41 Å². The summed E-state index contributed by atoms with van der Waals surface area (Å²) in [7, 11) is 0. The lowest BCUT2D eigenvalue weighted by atomic mass is 9.77. The van der Waals surface area contributed by atoms with Gasteiger partial charge in [0.15, 0.2) is 5.82 Å². The molecule has 1 amide bonds. The van der Waals surface area contributed by atoms with Gasteiger partial charge in [-0.2, -0.15) is 5.10 Å². The van der Waals surface area contributed by atoms with Crippen LogP contribution in [0.1, 0.15) is 25.0 Å². The van der Waals surface area contributed by atoms with E-state index in [0.29, 0.717) is 0 Å². The molecule has 0 unspecified atom stereocenters. The molecule has 2 aliphatic rings. The first kappa shape index (κ1) is 15.1. The predicted molar refractivity (Wildman–Crippen MR) is 91.9 cm³/mol. The summed E-state index contributed by atoms with van der Waals surface area (Å²) in [4.78, 5) is 21.3. The van der Waals surface area contributed by atoms with E-state index in [2.05, 4.69) is 20.1 Å². The summed E-state index contributed by atoms with van der Waals surface area (Å²) >= 11 is 0. The SMILES string of the molecule is Cc1ccc(N2CCC3(CC2)CCN(c2cccnc2)C3=O)nn1. The Morgan fingerprint density at radius 2 is 1.83 bits per heavy atom. The molecule has 2 aliphatic heterocycles. The van der Waals surface area contributed by atoms with Crippen molar-refractivity contribution in [3.63, 3.8) is 0 Å². The normalized spacial score (nSPS) is 20.0. The minimum Gasteiger partial charge on any atom is -0.355 e. The fraction of sp³-hybridized carbons (Fsp3) is 0.444. The van der Waals surface area contributed by atoms with Gasteiger partial charge >= 0.3 is 0 Å². The van der Waals surface area contributed by atoms with Crippen molar-refractivity contribution in [3.8, 4) is 0 Å². The molecule has 4 rings (SSSR count). The summed E-state index contributed by atoms with van der Waals surface area (Å²) in [6.07, 6.45) is 6.18. The Balaban J connectivity index is 1.47. The molecular weight excluding hydrogens is 302 g/mol. The molecule has 4 heterocycles. The largest absolute Gasteiger partial charge is 0.355 e. The van der Waals surface area contributed by atoms with E-state index < -0.39 is 0 Å². The number of carbonyl (C=O) groups excluding carboxylic acids is 1. The van der Waals surface area contributed by atoms with Gasteiger partial charge in [0, 0.05) is 25.8 Å². The summed E-state index contributed by atoms with van der Waals surface area (Å²) in [5.41, 5.74) is 1.61. The molecule has 2 fully saturated rings. The predicted octanol–water partition coefficient (Wildman–Crippen LogP) is 2.20. The van der Waals surface area contributed by atoms with Gasteiger partial charge in [-0.05, 0) is 50.5 Å². The maximum Gasteiger partial charge on any atom is 0.233 e. The van der Waals surface area contributed by atoms with Crippen LogP contribution in [0.25, 0.3) is 0 Å². The van der Waals surface area contributed by atoms with E-state index in [4.69, 9.17) is 0 Å². The van der Waals surface area contributed by atoms with Crippen molar-refractivity contribution in [3.05, 3.63) is 42.4 Å². The van der Waals surface area contributed by atoms with Crippen LogP contribution in [0, 0.1) is 12.3 Å². The number of hydrogen-bond acceptors (Lipinski definition) is 5. The zero-order valence-corrected chi connectivity index (χ0v) is 13.9. The standard InChI is InChI=1S/C18H21N5O/c1-14-4-5-16(21-20-14)22-10-6-18(7-11-22)8-12-23(17(18)24)15-3-2-9-19-13-15/h2-5,9,13H,6-8,10-12H2,1H3. The first-order valence-electron chi connectivity index (χ1n) is 8.45. The summed E-state index contributed by atoms with van der Waals surface area (Å²) in [6.45, 7) is 4.43. The number of piperidine rings is 1. The minimum atomic E-state index is -0.218. The van der Waals surface area contributed by atoms with E-state index in [1.807, 2.05) is 36.1 Å². The Morgan fingerprint density at radius 3 is 2.50 bits per heavy atom. The van der Waals surface area contributed by atoms with Crippen LogP contribution in [-0.2, 0) is 4.79 Å². The molecule has 24 heavy (non-hydrogen) atoms. The van der Waals surface area contributed by atoms with Crippen LogP contribution in [0.15, 0.2) is 36.7 Å². The van der Waals surface area contributed by atoms with Gasteiger partial charge in [0.25, 0.3) is 0 Å². The second-order valence-electron chi connectivity index (χ2n) is 6.72. The van der Waals surface area contributed by atoms with Crippen molar-refractivity contribution in [2.75, 3.05) is 29.4 Å². The van der Waals surface area contributed by atoms with Crippen LogP contribution in [-0.4, -0.2) is 40.7 Å². The first-order valence-corrected chi connectivity index (χ1v) is 8.45. The van der Waals surface area contributed by atoms with Gasteiger partial charge < -0.3 is 9.80 Å². The average molecular weight is 323 g/mol. The van der Waals surface area contributed by atoms with Gasteiger partial charge in [-0.1, -0.05) is 0 Å². The van der Waals surface area contributed by atoms with Crippen LogP contribution in [0.4, 0.5) is 11.5 Å². The second-order valence-corrected chi connectivity index (χ2v) is 6.72. The Morgan fingerprint density at radius 1 is 1.04 bits per heavy atom. The molecule has 0 aliphatic carbocycles. The topological polar surface area (TPSA) is 62.2 Å². The van der Waals surface area contributed by atoms with Crippen LogP contribution >= 0.6 is 0 Å². The summed E-state index contributed by atoms with van der Waals surface area (Å²) in [5, 5.41) is 8.41. The number of pyridine rings is 1. The molecule has 6 heteroatoms. The zero-order chi connectivity index (χ0) is 16.6. The van der Waals surface area contributed by atoms with Gasteiger partial charge in [-0.15, -0.1) is 5.10 Å². The Labute approximate surface area is 141 Å². The number of anilines is 2. The number of aromatic nitrogens is 3. The third-order valence-electron chi connectivity index (χ3n) is 5.30. The van der Waals surface area contributed by atoms with E-state index in [1.54, 1.807) is 12.4 Å². The van der Waals surface area contributed by atoms with E-state index in [0.717, 1.165) is 56.1 Å². The maximum atomic E-state index is 13.0. The molecule has 0 aromatic carbocycles. The smallest absolute Gasteiger partial charge is 0.233 e. The van der Waals surface area contributed by atoms with Gasteiger partial charge in [-0.3, -0.25) is 9.78 Å². The monoisotopic (exact) mass is 323 g/mol. The van der Waals surface area contributed by atoms with Crippen molar-refractivity contribution >= 4 is 17.4 Å². The Hall–Kier alpha value is -2.50. The molecule has 2 saturated heterocycles. The average Bonchev–Trinajstić information content (AvgIpc) is 2.94. The second kappa shape index (κ2) is 5.85. The van der Waals surface area contributed by atoms with E-state index in [-0.39, 0.29) is 11.3 Å². The van der Waals surface area contributed by atoms with Crippen LogP contribution in [0.2, 0.25) is 0 Å². The lowest BCUT2D eigenvalue weighted by Crippen LogP contribution is -2.45. The molecular formula is C18H21N5O. The molecule has 2 aromatic rings. The number of nitrogens with zero attached hydrogens (tertiary/aromatic N) is 5. The van der Waals surface area contributed by atoms with Gasteiger partial charge in [0.05, 0.1) is 23.0 Å². The fourth-order valence-corrected chi connectivity index (χ4v) is 3.77. The van der Waals surface area contributed by atoms with E-state index in [9.17, 15) is 4.79 Å². The molecule has 0 N–H and O–H groups in total. The minimum absolute atomic E-state index is 0.218. The van der Waals surface area contributed by atoms with Gasteiger partial charge in [0.2, 0.25) is 5.91 Å². The highest BCUT2D eigenvalue weighted by Gasteiger charge is 2.48. The first-order chi connectivity index (χ1) is 11.7. The Kier molecular flexibility index (Phi) is 3.67. The summed E-state index contributed by atoms with van der Waals surface area (Å²) in [6, 6.07) is 7.84. The maximum absolute atomic E-state index is 13.0. The molecule has 124 valence electrons. The Bertz CT molecular complexity index is 723. The van der Waals surface area contributed by atoms with Crippen LogP contribution in [0.5, 0.6) is 0 Å². The molecule has 0 atom stereocenters. The highest BCUT2D eigenvalue weighted by Crippen LogP contribution is 2.43. The van der Waals surface area contributed by atoms with Crippen molar-refractivity contribution < 1.29 is 4.79 Å². The molecule has 2 aromatic heterocycles. The van der Waals surface area contributed by atoms with Crippen LogP contribution < -0.4 is 9.80 Å². The van der Waals surface area contributed by atoms with Crippen molar-refractivity contribution in [1.82, 2.24) is 15.2 Å². The summed E-state index contributed by atoms with van der Waals surface area (Å²) in [5.74, 6) is 1.16. The molecule has 0 radical (unpaired) electrons. The highest BCUT2D eigenvalue weighted by atomic mass is 16.2. The number of amides is 1.